The second kappa shape index (κ2) is 9.16. The molecule has 0 N–H and O–H groups in total. The predicted octanol–water partition coefficient (Wildman–Crippen LogP) is 5.24. The van der Waals surface area contributed by atoms with Gasteiger partial charge in [0.15, 0.2) is 18.2 Å². The number of carbonyl (C=O) groups excluding carboxylic acids is 2. The Morgan fingerprint density at radius 3 is 2.47 bits per heavy atom. The van der Waals surface area contributed by atoms with Crippen LogP contribution < -0.4 is 0 Å². The number of benzene rings is 3. The lowest BCUT2D eigenvalue weighted by Gasteiger charge is -2.08. The number of Topliss-reactive ketones (excluding diaryl/α,β-unsaturated/α-hetero) is 1. The molecule has 0 amide bonds. The van der Waals surface area contributed by atoms with Gasteiger partial charge in [0.05, 0.1) is 5.69 Å². The smallest absolute Gasteiger partial charge is 0.378 e. The molecule has 0 saturated heterocycles. The Morgan fingerprint density at radius 2 is 1.75 bits per heavy atom. The third kappa shape index (κ3) is 4.60. The minimum Gasteiger partial charge on any atom is -0.451 e. The van der Waals surface area contributed by atoms with Gasteiger partial charge in [0.1, 0.15) is 0 Å². The molecule has 0 bridgehead atoms. The van der Waals surface area contributed by atoms with Crippen LogP contribution in [0, 0.1) is 13.8 Å². The van der Waals surface area contributed by atoms with Crippen molar-refractivity contribution in [3.05, 3.63) is 100 Å². The molecular weight excluding hydrogens is 426 g/mol. The molecule has 0 radical (unpaired) electrons. The van der Waals surface area contributed by atoms with Crippen LogP contribution in [0.4, 0.5) is 0 Å². The number of carbonyl (C=O) groups is 2. The monoisotopic (exact) mass is 445 g/mol. The van der Waals surface area contributed by atoms with E-state index in [1.54, 1.807) is 35.0 Å². The molecule has 3 aromatic carbocycles. The van der Waals surface area contributed by atoms with Gasteiger partial charge in [-0.3, -0.25) is 4.79 Å². The fraction of sp³-hybridized carbons (Fsp3) is 0.120. The van der Waals surface area contributed by atoms with Crippen molar-refractivity contribution in [1.82, 2.24) is 14.8 Å². The normalized spacial score (nSPS) is 10.7. The first kappa shape index (κ1) is 21.5. The summed E-state index contributed by atoms with van der Waals surface area (Å²) in [6.45, 7) is 3.48. The Labute approximate surface area is 190 Å². The van der Waals surface area contributed by atoms with Crippen molar-refractivity contribution < 1.29 is 14.3 Å². The highest BCUT2D eigenvalue weighted by molar-refractivity contribution is 6.31. The van der Waals surface area contributed by atoms with E-state index in [-0.39, 0.29) is 11.6 Å². The summed E-state index contributed by atoms with van der Waals surface area (Å²) >= 11 is 6.31. The molecule has 4 aromatic rings. The fourth-order valence-corrected chi connectivity index (χ4v) is 3.34. The summed E-state index contributed by atoms with van der Waals surface area (Å²) in [6.07, 6.45) is 0. The van der Waals surface area contributed by atoms with Gasteiger partial charge in [-0.05, 0) is 37.6 Å². The molecule has 160 valence electrons. The molecule has 1 aromatic heterocycles. The van der Waals surface area contributed by atoms with Gasteiger partial charge in [-0.1, -0.05) is 71.8 Å². The third-order valence-corrected chi connectivity index (χ3v) is 5.30. The van der Waals surface area contributed by atoms with E-state index in [9.17, 15) is 9.59 Å². The summed E-state index contributed by atoms with van der Waals surface area (Å²) in [5.74, 6) is -0.753. The summed E-state index contributed by atoms with van der Waals surface area (Å²) in [4.78, 5) is 29.3. The average Bonchev–Trinajstić information content (AvgIpc) is 3.25. The topological polar surface area (TPSA) is 74.1 Å². The number of nitrogens with zero attached hydrogens (tertiary/aromatic N) is 3. The second-order valence-corrected chi connectivity index (χ2v) is 7.75. The number of ketones is 1. The first-order valence-corrected chi connectivity index (χ1v) is 10.4. The lowest BCUT2D eigenvalue weighted by atomic mass is 10.1. The van der Waals surface area contributed by atoms with E-state index in [1.165, 1.54) is 0 Å². The van der Waals surface area contributed by atoms with Crippen molar-refractivity contribution >= 4 is 23.4 Å². The van der Waals surface area contributed by atoms with Gasteiger partial charge in [-0.25, -0.2) is 14.5 Å². The number of hydrogen-bond acceptors (Lipinski definition) is 5. The zero-order valence-corrected chi connectivity index (χ0v) is 18.3. The van der Waals surface area contributed by atoms with Crippen molar-refractivity contribution in [1.29, 1.82) is 0 Å². The molecule has 0 saturated carbocycles. The van der Waals surface area contributed by atoms with Crippen molar-refractivity contribution in [2.75, 3.05) is 6.61 Å². The van der Waals surface area contributed by atoms with Gasteiger partial charge in [0, 0.05) is 16.1 Å². The molecule has 4 rings (SSSR count). The molecule has 0 aliphatic carbocycles. The van der Waals surface area contributed by atoms with E-state index in [0.29, 0.717) is 22.1 Å². The number of aryl methyl sites for hydroxylation is 2. The molecule has 0 spiro atoms. The van der Waals surface area contributed by atoms with Gasteiger partial charge < -0.3 is 4.74 Å². The van der Waals surface area contributed by atoms with Gasteiger partial charge in [-0.15, -0.1) is 5.10 Å². The average molecular weight is 446 g/mol. The van der Waals surface area contributed by atoms with E-state index >= 15 is 0 Å². The fourth-order valence-electron chi connectivity index (χ4n) is 3.17. The van der Waals surface area contributed by atoms with E-state index in [4.69, 9.17) is 16.3 Å². The van der Waals surface area contributed by atoms with Crippen molar-refractivity contribution in [3.8, 4) is 17.1 Å². The largest absolute Gasteiger partial charge is 0.451 e. The van der Waals surface area contributed by atoms with Gasteiger partial charge in [0.25, 0.3) is 5.82 Å². The molecule has 0 aliphatic heterocycles. The van der Waals surface area contributed by atoms with Crippen LogP contribution in [0.2, 0.25) is 5.02 Å². The number of halogens is 1. The highest BCUT2D eigenvalue weighted by Gasteiger charge is 2.21. The molecule has 7 heteroatoms. The van der Waals surface area contributed by atoms with Crippen molar-refractivity contribution in [2.24, 2.45) is 0 Å². The van der Waals surface area contributed by atoms with E-state index < -0.39 is 12.6 Å². The number of ether oxygens (including phenoxy) is 1. The summed E-state index contributed by atoms with van der Waals surface area (Å²) in [6, 6.07) is 21.8. The summed E-state index contributed by atoms with van der Waals surface area (Å²) in [5.41, 5.74) is 3.87. The predicted molar refractivity (Wildman–Crippen MR) is 122 cm³/mol. The van der Waals surface area contributed by atoms with Crippen LogP contribution in [0.3, 0.4) is 0 Å². The zero-order chi connectivity index (χ0) is 22.7. The van der Waals surface area contributed by atoms with E-state index in [1.807, 2.05) is 56.3 Å². The molecule has 6 nitrogen and oxygen atoms in total. The van der Waals surface area contributed by atoms with Crippen LogP contribution in [0.15, 0.2) is 72.8 Å². The standard InChI is InChI=1S/C25H20ClN3O3/c1-16-7-6-10-19(13-16)24-27-23(28-29(24)20-12-11-17(2)21(26)14-20)25(31)32-15-22(30)18-8-4-3-5-9-18/h3-14H,15H2,1-2H3. The highest BCUT2D eigenvalue weighted by Crippen LogP contribution is 2.25. The van der Waals surface area contributed by atoms with Crippen LogP contribution in [-0.2, 0) is 4.74 Å². The van der Waals surface area contributed by atoms with E-state index in [2.05, 4.69) is 10.1 Å². The van der Waals surface area contributed by atoms with Crippen LogP contribution >= 0.6 is 11.6 Å². The molecule has 0 fully saturated rings. The van der Waals surface area contributed by atoms with Crippen LogP contribution in [0.5, 0.6) is 0 Å². The first-order valence-electron chi connectivity index (χ1n) is 9.98. The Bertz CT molecular complexity index is 1300. The van der Waals surface area contributed by atoms with Crippen LogP contribution in [0.1, 0.15) is 32.1 Å². The van der Waals surface area contributed by atoms with Gasteiger partial charge >= 0.3 is 5.97 Å². The SMILES string of the molecule is Cc1cccc(-c2nc(C(=O)OCC(=O)c3ccccc3)nn2-c2ccc(C)c(Cl)c2)c1. The number of hydrogen-bond donors (Lipinski definition) is 0. The molecule has 0 unspecified atom stereocenters. The third-order valence-electron chi connectivity index (χ3n) is 4.90. The maximum absolute atomic E-state index is 12.7. The Morgan fingerprint density at radius 1 is 0.969 bits per heavy atom. The maximum Gasteiger partial charge on any atom is 0.378 e. The summed E-state index contributed by atoms with van der Waals surface area (Å²) < 4.78 is 6.75. The van der Waals surface area contributed by atoms with E-state index in [0.717, 1.165) is 16.7 Å². The number of rotatable bonds is 6. The van der Waals surface area contributed by atoms with Crippen LogP contribution in [0.25, 0.3) is 17.1 Å². The van der Waals surface area contributed by atoms with Gasteiger partial charge in [-0.2, -0.15) is 0 Å². The van der Waals surface area contributed by atoms with Gasteiger partial charge in [0.2, 0.25) is 0 Å². The van der Waals surface area contributed by atoms with Crippen LogP contribution in [-0.4, -0.2) is 33.1 Å². The number of aromatic nitrogens is 3. The summed E-state index contributed by atoms with van der Waals surface area (Å²) in [7, 11) is 0. The van der Waals surface area contributed by atoms with Crippen molar-refractivity contribution in [2.45, 2.75) is 13.8 Å². The molecule has 1 heterocycles. The molecule has 32 heavy (non-hydrogen) atoms. The highest BCUT2D eigenvalue weighted by atomic mass is 35.5. The summed E-state index contributed by atoms with van der Waals surface area (Å²) in [5, 5.41) is 4.94. The quantitative estimate of drug-likeness (QED) is 0.299. The zero-order valence-electron chi connectivity index (χ0n) is 17.6. The first-order chi connectivity index (χ1) is 15.4. The molecular formula is C25H20ClN3O3. The second-order valence-electron chi connectivity index (χ2n) is 7.34. The molecule has 0 aliphatic rings. The number of esters is 1. The Kier molecular flexibility index (Phi) is 6.14. The lowest BCUT2D eigenvalue weighted by Crippen LogP contribution is -2.15. The minimum atomic E-state index is -0.778. The Balaban J connectivity index is 1.66. The maximum atomic E-state index is 12.7. The molecule has 0 atom stereocenters. The lowest BCUT2D eigenvalue weighted by molar-refractivity contribution is 0.0462. The minimum absolute atomic E-state index is 0.140. The Hall–Kier alpha value is -3.77. The van der Waals surface area contributed by atoms with Crippen molar-refractivity contribution in [3.63, 3.8) is 0 Å².